The summed E-state index contributed by atoms with van der Waals surface area (Å²) in [5.74, 6) is 0.839. The lowest BCUT2D eigenvalue weighted by atomic mass is 9.94. The third kappa shape index (κ3) is 2.58. The molecule has 5 nitrogen and oxygen atoms in total. The minimum Gasteiger partial charge on any atom is -0.394 e. The van der Waals surface area contributed by atoms with Crippen LogP contribution >= 0.6 is 0 Å². The number of aromatic nitrogens is 2. The van der Waals surface area contributed by atoms with Crippen molar-refractivity contribution in [3.63, 3.8) is 0 Å². The van der Waals surface area contributed by atoms with Crippen LogP contribution in [0.2, 0.25) is 0 Å². The average molecular weight is 250 g/mol. The molecule has 0 spiro atoms. The molecule has 5 heteroatoms. The monoisotopic (exact) mass is 250 g/mol. The van der Waals surface area contributed by atoms with E-state index in [-0.39, 0.29) is 6.61 Å². The van der Waals surface area contributed by atoms with Crippen LogP contribution in [0.25, 0.3) is 0 Å². The molecule has 2 saturated heterocycles. The number of likely N-dealkylation sites (tertiary alicyclic amines) is 1. The molecule has 0 amide bonds. The Balaban J connectivity index is 1.56. The van der Waals surface area contributed by atoms with Gasteiger partial charge in [-0.3, -0.25) is 9.58 Å². The molecule has 0 radical (unpaired) electrons. The summed E-state index contributed by atoms with van der Waals surface area (Å²) in [5.41, 5.74) is 1.25. The highest BCUT2D eigenvalue weighted by Crippen LogP contribution is 2.25. The first-order chi connectivity index (χ1) is 8.85. The maximum absolute atomic E-state index is 8.87. The molecule has 100 valence electrons. The van der Waals surface area contributed by atoms with Crippen molar-refractivity contribution in [1.82, 2.24) is 20.0 Å². The summed E-state index contributed by atoms with van der Waals surface area (Å²) in [7, 11) is 0. The summed E-state index contributed by atoms with van der Waals surface area (Å²) >= 11 is 0. The predicted octanol–water partition coefficient (Wildman–Crippen LogP) is 0.0592. The Morgan fingerprint density at radius 1 is 1.44 bits per heavy atom. The van der Waals surface area contributed by atoms with E-state index in [1.165, 1.54) is 31.5 Å². The second-order valence-corrected chi connectivity index (χ2v) is 5.49. The van der Waals surface area contributed by atoms with Crippen LogP contribution in [0.4, 0.5) is 0 Å². The van der Waals surface area contributed by atoms with E-state index in [1.807, 2.05) is 17.1 Å². The summed E-state index contributed by atoms with van der Waals surface area (Å²) < 4.78 is 1.82. The van der Waals surface area contributed by atoms with Crippen LogP contribution < -0.4 is 5.32 Å². The fourth-order valence-electron chi connectivity index (χ4n) is 3.24. The zero-order valence-corrected chi connectivity index (χ0v) is 10.8. The van der Waals surface area contributed by atoms with E-state index in [9.17, 15) is 0 Å². The molecule has 2 fully saturated rings. The number of fused-ring (bicyclic) bond motifs is 1. The predicted molar refractivity (Wildman–Crippen MR) is 69.1 cm³/mol. The largest absolute Gasteiger partial charge is 0.394 e. The number of nitrogens with zero attached hydrogens (tertiary/aromatic N) is 3. The fourth-order valence-corrected chi connectivity index (χ4v) is 3.24. The molecule has 0 unspecified atom stereocenters. The van der Waals surface area contributed by atoms with Gasteiger partial charge in [-0.2, -0.15) is 5.10 Å². The van der Waals surface area contributed by atoms with Gasteiger partial charge in [0.05, 0.1) is 19.3 Å². The van der Waals surface area contributed by atoms with Crippen molar-refractivity contribution in [2.45, 2.75) is 32.0 Å². The Morgan fingerprint density at radius 2 is 2.39 bits per heavy atom. The number of rotatable bonds is 4. The van der Waals surface area contributed by atoms with Gasteiger partial charge < -0.3 is 10.4 Å². The van der Waals surface area contributed by atoms with Crippen molar-refractivity contribution in [3.05, 3.63) is 18.0 Å². The minimum atomic E-state index is 0.152. The van der Waals surface area contributed by atoms with Crippen molar-refractivity contribution < 1.29 is 5.11 Å². The Hall–Kier alpha value is -0.910. The van der Waals surface area contributed by atoms with Gasteiger partial charge in [0.25, 0.3) is 0 Å². The van der Waals surface area contributed by atoms with E-state index in [1.54, 1.807) is 0 Å². The first-order valence-corrected chi connectivity index (χ1v) is 6.93. The molecule has 2 aliphatic rings. The first kappa shape index (κ1) is 12.1. The second kappa shape index (κ2) is 5.38. The lowest BCUT2D eigenvalue weighted by molar-refractivity contribution is 0.269. The lowest BCUT2D eigenvalue weighted by Crippen LogP contribution is -2.40. The SMILES string of the molecule is OCCn1cc(CN2C[C@@H]3CCCN[C@@H]3C2)cn1. The molecule has 0 aliphatic carbocycles. The molecule has 0 saturated carbocycles. The van der Waals surface area contributed by atoms with Crippen LogP contribution in [-0.2, 0) is 13.1 Å². The van der Waals surface area contributed by atoms with Gasteiger partial charge in [-0.1, -0.05) is 0 Å². The van der Waals surface area contributed by atoms with Crippen LogP contribution in [0.15, 0.2) is 12.4 Å². The highest BCUT2D eigenvalue weighted by molar-refractivity contribution is 5.05. The van der Waals surface area contributed by atoms with Crippen molar-refractivity contribution in [2.24, 2.45) is 5.92 Å². The highest BCUT2D eigenvalue weighted by atomic mass is 16.3. The standard InChI is InChI=1S/C13H22N4O/c18-5-4-17-8-11(6-15-17)7-16-9-12-2-1-3-14-13(12)10-16/h6,8,12-14,18H,1-5,7,9-10H2/t12-,13+/m0/s1. The summed E-state index contributed by atoms with van der Waals surface area (Å²) in [6.45, 7) is 5.29. The maximum atomic E-state index is 8.87. The number of hydrogen-bond donors (Lipinski definition) is 2. The van der Waals surface area contributed by atoms with E-state index in [2.05, 4.69) is 15.3 Å². The van der Waals surface area contributed by atoms with Crippen molar-refractivity contribution in [2.75, 3.05) is 26.2 Å². The molecule has 0 bridgehead atoms. The molecule has 0 aromatic carbocycles. The Bertz CT molecular complexity index is 378. The van der Waals surface area contributed by atoms with Gasteiger partial charge >= 0.3 is 0 Å². The van der Waals surface area contributed by atoms with Gasteiger partial charge in [-0.25, -0.2) is 0 Å². The Labute approximate surface area is 108 Å². The van der Waals surface area contributed by atoms with Crippen LogP contribution in [0.5, 0.6) is 0 Å². The molecular formula is C13H22N4O. The molecule has 1 aromatic heterocycles. The molecule has 3 rings (SSSR count). The summed E-state index contributed by atoms with van der Waals surface area (Å²) in [6, 6.07) is 0.700. The second-order valence-electron chi connectivity index (χ2n) is 5.49. The molecular weight excluding hydrogens is 228 g/mol. The van der Waals surface area contributed by atoms with Crippen LogP contribution in [0.1, 0.15) is 18.4 Å². The number of aliphatic hydroxyl groups is 1. The summed E-state index contributed by atoms with van der Waals surface area (Å²) in [5, 5.41) is 16.8. The van der Waals surface area contributed by atoms with Gasteiger partial charge in [-0.15, -0.1) is 0 Å². The normalized spacial score (nSPS) is 28.5. The van der Waals surface area contributed by atoms with Crippen LogP contribution in [-0.4, -0.2) is 52.1 Å². The fraction of sp³-hybridized carbons (Fsp3) is 0.769. The van der Waals surface area contributed by atoms with Gasteiger partial charge in [0.1, 0.15) is 0 Å². The van der Waals surface area contributed by atoms with E-state index in [0.29, 0.717) is 12.6 Å². The Morgan fingerprint density at radius 3 is 3.22 bits per heavy atom. The summed E-state index contributed by atoms with van der Waals surface area (Å²) in [4.78, 5) is 2.52. The maximum Gasteiger partial charge on any atom is 0.0640 e. The number of piperidine rings is 1. The zero-order valence-electron chi connectivity index (χ0n) is 10.8. The quantitative estimate of drug-likeness (QED) is 0.793. The van der Waals surface area contributed by atoms with Crippen molar-refractivity contribution in [3.8, 4) is 0 Å². The van der Waals surface area contributed by atoms with Crippen molar-refractivity contribution >= 4 is 0 Å². The smallest absolute Gasteiger partial charge is 0.0640 e. The van der Waals surface area contributed by atoms with Crippen LogP contribution in [0, 0.1) is 5.92 Å². The zero-order chi connectivity index (χ0) is 12.4. The number of nitrogens with one attached hydrogen (secondary N) is 1. The highest BCUT2D eigenvalue weighted by Gasteiger charge is 2.33. The average Bonchev–Trinajstić information content (AvgIpc) is 2.96. The molecule has 2 N–H and O–H groups in total. The van der Waals surface area contributed by atoms with E-state index in [4.69, 9.17) is 5.11 Å². The van der Waals surface area contributed by atoms with Gasteiger partial charge in [-0.05, 0) is 25.3 Å². The molecule has 3 heterocycles. The third-order valence-electron chi connectivity index (χ3n) is 4.10. The number of aliphatic hydroxyl groups excluding tert-OH is 1. The number of hydrogen-bond acceptors (Lipinski definition) is 4. The molecule has 1 aromatic rings. The molecule has 18 heavy (non-hydrogen) atoms. The summed E-state index contributed by atoms with van der Waals surface area (Å²) in [6.07, 6.45) is 6.66. The van der Waals surface area contributed by atoms with E-state index >= 15 is 0 Å². The third-order valence-corrected chi connectivity index (χ3v) is 4.10. The molecule has 2 aliphatic heterocycles. The lowest BCUT2D eigenvalue weighted by Gasteiger charge is -2.24. The first-order valence-electron chi connectivity index (χ1n) is 6.93. The van der Waals surface area contributed by atoms with Crippen LogP contribution in [0.3, 0.4) is 0 Å². The topological polar surface area (TPSA) is 53.3 Å². The van der Waals surface area contributed by atoms with Gasteiger partial charge in [0.2, 0.25) is 0 Å². The van der Waals surface area contributed by atoms with Gasteiger partial charge in [0.15, 0.2) is 0 Å². The van der Waals surface area contributed by atoms with Gasteiger partial charge in [0, 0.05) is 37.4 Å². The van der Waals surface area contributed by atoms with E-state index in [0.717, 1.165) is 19.0 Å². The molecule has 2 atom stereocenters. The van der Waals surface area contributed by atoms with Crippen molar-refractivity contribution in [1.29, 1.82) is 0 Å². The minimum absolute atomic E-state index is 0.152. The van der Waals surface area contributed by atoms with E-state index < -0.39 is 0 Å². The Kier molecular flexibility index (Phi) is 3.63.